The molecule has 16 heavy (non-hydrogen) atoms. The van der Waals surface area contributed by atoms with Crippen LogP contribution >= 0.6 is 0 Å². The summed E-state index contributed by atoms with van der Waals surface area (Å²) in [5.41, 5.74) is 0.953. The Kier molecular flexibility index (Phi) is 5.02. The number of nitrogens with zero attached hydrogens (tertiary/aromatic N) is 2. The van der Waals surface area contributed by atoms with Crippen molar-refractivity contribution in [1.29, 1.82) is 0 Å². The summed E-state index contributed by atoms with van der Waals surface area (Å²) >= 11 is 2.04. The van der Waals surface area contributed by atoms with Crippen LogP contribution in [0.1, 0.15) is 6.42 Å². The summed E-state index contributed by atoms with van der Waals surface area (Å²) in [5, 5.41) is 0. The minimum absolute atomic E-state index is 0.151. The fourth-order valence-electron chi connectivity index (χ4n) is 1.32. The fourth-order valence-corrected chi connectivity index (χ4v) is 1.67. The monoisotopic (exact) mass is 279 g/mol. The molecule has 0 aromatic heterocycles. The van der Waals surface area contributed by atoms with Crippen LogP contribution in [0.5, 0.6) is 0 Å². The molecule has 0 aliphatic rings. The molecule has 0 aliphatic carbocycles. The number of benzene rings is 1. The molecule has 0 atom stereocenters. The molecule has 3 radical (unpaired) electrons. The van der Waals surface area contributed by atoms with Crippen molar-refractivity contribution in [2.75, 3.05) is 32.6 Å². The van der Waals surface area contributed by atoms with Crippen LogP contribution in [0.4, 0.5) is 5.69 Å². The Morgan fingerprint density at radius 2 is 1.75 bits per heavy atom. The summed E-state index contributed by atoms with van der Waals surface area (Å²) in [6, 6.07) is 7.99. The molecule has 0 heterocycles. The Labute approximate surface area is 106 Å². The Balaban J connectivity index is 2.59. The average Bonchev–Trinajstić information content (AvgIpc) is 2.26. The maximum absolute atomic E-state index is 11.8. The molecule has 0 spiro atoms. The van der Waals surface area contributed by atoms with E-state index in [4.69, 9.17) is 0 Å². The number of rotatable bonds is 4. The van der Waals surface area contributed by atoms with E-state index in [1.165, 1.54) is 4.40 Å². The zero-order chi connectivity index (χ0) is 12.1. The fraction of sp³-hybridized carbons (Fsp3) is 0.417. The quantitative estimate of drug-likeness (QED) is 0.744. The summed E-state index contributed by atoms with van der Waals surface area (Å²) < 4.78 is 1.21. The first-order valence-corrected chi connectivity index (χ1v) is 6.28. The van der Waals surface area contributed by atoms with E-state index in [1.54, 1.807) is 4.90 Å². The number of hydrogen-bond acceptors (Lipinski definition) is 2. The summed E-state index contributed by atoms with van der Waals surface area (Å²) in [5.74, 6) is 0.151. The molecule has 0 saturated carbocycles. The van der Waals surface area contributed by atoms with E-state index < -0.39 is 0 Å². The standard InChI is InChI=1S/C12H17GeN2O/c1-14(2)9-8-12(16)15(3)11-6-4-10(13)5-7-11/h4-7H,8-9H2,1-3H3. The van der Waals surface area contributed by atoms with Crippen LogP contribution in [0.2, 0.25) is 0 Å². The summed E-state index contributed by atoms with van der Waals surface area (Å²) in [6.07, 6.45) is 0.553. The van der Waals surface area contributed by atoms with E-state index in [9.17, 15) is 4.79 Å². The molecule has 4 heteroatoms. The van der Waals surface area contributed by atoms with Gasteiger partial charge in [-0.05, 0) is 0 Å². The second kappa shape index (κ2) is 6.06. The van der Waals surface area contributed by atoms with E-state index >= 15 is 0 Å². The van der Waals surface area contributed by atoms with Gasteiger partial charge in [-0.15, -0.1) is 0 Å². The van der Waals surface area contributed by atoms with Gasteiger partial charge in [0, 0.05) is 0 Å². The van der Waals surface area contributed by atoms with Crippen molar-refractivity contribution in [3.63, 3.8) is 0 Å². The second-order valence-corrected chi connectivity index (χ2v) is 5.26. The summed E-state index contributed by atoms with van der Waals surface area (Å²) in [7, 11) is 5.76. The predicted molar refractivity (Wildman–Crippen MR) is 68.4 cm³/mol. The molecule has 0 aliphatic heterocycles. The first-order chi connectivity index (χ1) is 7.50. The molecule has 0 unspecified atom stereocenters. The van der Waals surface area contributed by atoms with Gasteiger partial charge in [0.25, 0.3) is 0 Å². The minimum atomic E-state index is 0.151. The molecule has 1 amide bonds. The van der Waals surface area contributed by atoms with Crippen molar-refractivity contribution in [3.8, 4) is 0 Å². The third kappa shape index (κ3) is 3.98. The van der Waals surface area contributed by atoms with Gasteiger partial charge in [0.05, 0.1) is 0 Å². The molecule has 1 aromatic carbocycles. The molecule has 0 fully saturated rings. The molecule has 1 rings (SSSR count). The van der Waals surface area contributed by atoms with Gasteiger partial charge in [0.15, 0.2) is 0 Å². The van der Waals surface area contributed by atoms with Gasteiger partial charge in [-0.25, -0.2) is 0 Å². The van der Waals surface area contributed by atoms with Crippen molar-refractivity contribution in [2.24, 2.45) is 0 Å². The van der Waals surface area contributed by atoms with Crippen molar-refractivity contribution < 1.29 is 4.79 Å². The van der Waals surface area contributed by atoms with Gasteiger partial charge in [-0.3, -0.25) is 0 Å². The van der Waals surface area contributed by atoms with E-state index in [1.807, 2.05) is 66.8 Å². The van der Waals surface area contributed by atoms with E-state index in [0.717, 1.165) is 12.2 Å². The van der Waals surface area contributed by atoms with Gasteiger partial charge in [-0.1, -0.05) is 0 Å². The molecule has 0 saturated heterocycles. The van der Waals surface area contributed by atoms with Gasteiger partial charge in [-0.2, -0.15) is 0 Å². The van der Waals surface area contributed by atoms with Crippen LogP contribution < -0.4 is 9.30 Å². The van der Waals surface area contributed by atoms with E-state index in [2.05, 4.69) is 0 Å². The Morgan fingerprint density at radius 3 is 2.25 bits per heavy atom. The van der Waals surface area contributed by atoms with Crippen LogP contribution in [0.25, 0.3) is 0 Å². The normalized spacial score (nSPS) is 10.6. The molecule has 85 valence electrons. The SMILES string of the molecule is CN(C)CCC(=O)N(C)c1cc[c]([Ge])cc1. The van der Waals surface area contributed by atoms with Crippen LogP contribution in [0.15, 0.2) is 24.3 Å². The maximum atomic E-state index is 11.8. The summed E-state index contributed by atoms with van der Waals surface area (Å²) in [6.45, 7) is 0.787. The molecule has 1 aromatic rings. The van der Waals surface area contributed by atoms with Crippen LogP contribution in [-0.2, 0) is 4.79 Å². The number of anilines is 1. The average molecular weight is 278 g/mol. The number of hydrogen-bond donors (Lipinski definition) is 0. The van der Waals surface area contributed by atoms with E-state index in [0.29, 0.717) is 6.42 Å². The topological polar surface area (TPSA) is 23.6 Å². The summed E-state index contributed by atoms with van der Waals surface area (Å²) in [4.78, 5) is 15.6. The van der Waals surface area contributed by atoms with Gasteiger partial charge in [0.1, 0.15) is 0 Å². The number of carbonyl (C=O) groups is 1. The van der Waals surface area contributed by atoms with Crippen LogP contribution in [0.3, 0.4) is 0 Å². The number of carbonyl (C=O) groups excluding carboxylic acids is 1. The number of amides is 1. The second-order valence-electron chi connectivity index (χ2n) is 4.05. The molecule has 0 bridgehead atoms. The first-order valence-electron chi connectivity index (χ1n) is 5.23. The Bertz CT molecular complexity index is 349. The van der Waals surface area contributed by atoms with Crippen LogP contribution in [-0.4, -0.2) is 55.0 Å². The molecular formula is C12H17GeN2O. The van der Waals surface area contributed by atoms with Gasteiger partial charge < -0.3 is 0 Å². The van der Waals surface area contributed by atoms with Crippen LogP contribution in [0, 0.1) is 0 Å². The van der Waals surface area contributed by atoms with Gasteiger partial charge in [0.2, 0.25) is 0 Å². The first kappa shape index (κ1) is 13.3. The molecule has 3 nitrogen and oxygen atoms in total. The van der Waals surface area contributed by atoms with E-state index in [-0.39, 0.29) is 5.91 Å². The van der Waals surface area contributed by atoms with Crippen molar-refractivity contribution in [2.45, 2.75) is 6.42 Å². The Hall–Kier alpha value is -0.807. The third-order valence-corrected chi connectivity index (χ3v) is 3.10. The Morgan fingerprint density at radius 1 is 1.19 bits per heavy atom. The molecule has 0 N–H and O–H groups in total. The zero-order valence-electron chi connectivity index (χ0n) is 10.0. The zero-order valence-corrected chi connectivity index (χ0v) is 12.1. The van der Waals surface area contributed by atoms with Crippen molar-refractivity contribution in [1.82, 2.24) is 4.90 Å². The molecular weight excluding hydrogens is 261 g/mol. The third-order valence-electron chi connectivity index (χ3n) is 2.40. The van der Waals surface area contributed by atoms with Crippen molar-refractivity contribution in [3.05, 3.63) is 24.3 Å². The van der Waals surface area contributed by atoms with Crippen molar-refractivity contribution >= 4 is 32.5 Å². The predicted octanol–water partition coefficient (Wildman–Crippen LogP) is 0.395. The van der Waals surface area contributed by atoms with Gasteiger partial charge >= 0.3 is 105 Å².